The van der Waals surface area contributed by atoms with Crippen LogP contribution in [0.1, 0.15) is 18.4 Å². The van der Waals surface area contributed by atoms with Gasteiger partial charge < -0.3 is 14.6 Å². The van der Waals surface area contributed by atoms with Crippen molar-refractivity contribution >= 4 is 15.9 Å². The molecular weight excluding hydrogens is 308 g/mol. The third kappa shape index (κ3) is 3.59. The number of aliphatic hydroxyl groups excluding tert-OH is 1. The van der Waals surface area contributed by atoms with Crippen molar-refractivity contribution in [2.24, 2.45) is 0 Å². The van der Waals surface area contributed by atoms with E-state index in [9.17, 15) is 5.11 Å². The van der Waals surface area contributed by atoms with Crippen molar-refractivity contribution < 1.29 is 14.6 Å². The highest BCUT2D eigenvalue weighted by atomic mass is 79.9. The summed E-state index contributed by atoms with van der Waals surface area (Å²) in [4.78, 5) is 0. The van der Waals surface area contributed by atoms with E-state index in [0.29, 0.717) is 6.61 Å². The van der Waals surface area contributed by atoms with Gasteiger partial charge in [0.2, 0.25) is 0 Å². The highest BCUT2D eigenvalue weighted by molar-refractivity contribution is 9.10. The summed E-state index contributed by atoms with van der Waals surface area (Å²) in [5.74, 6) is 0.839. The Labute approximate surface area is 122 Å². The first kappa shape index (κ1) is 14.6. The molecular formula is C15H19BrO3. The minimum Gasteiger partial charge on any atom is -0.497 e. The lowest BCUT2D eigenvalue weighted by molar-refractivity contribution is 0.0245. The molecule has 0 saturated carbocycles. The minimum absolute atomic E-state index is 0.0740. The molecule has 0 aromatic heterocycles. The quantitative estimate of drug-likeness (QED) is 0.667. The average Bonchev–Trinajstić information content (AvgIpc) is 2.47. The van der Waals surface area contributed by atoms with Gasteiger partial charge in [0.05, 0.1) is 30.8 Å². The first-order valence-electron chi connectivity index (χ1n) is 6.39. The Hall–Kier alpha value is -0.840. The van der Waals surface area contributed by atoms with E-state index in [4.69, 9.17) is 9.47 Å². The third-order valence-corrected chi connectivity index (χ3v) is 4.50. The van der Waals surface area contributed by atoms with Gasteiger partial charge in [-0.15, -0.1) is 0 Å². The highest BCUT2D eigenvalue weighted by Gasteiger charge is 2.36. The number of hydrogen-bond donors (Lipinski definition) is 1. The molecule has 0 saturated heterocycles. The summed E-state index contributed by atoms with van der Waals surface area (Å²) in [5, 5.41) is 9.51. The molecule has 0 heterocycles. The number of hydrogen-bond acceptors (Lipinski definition) is 3. The molecule has 0 fully saturated rings. The maximum absolute atomic E-state index is 9.51. The van der Waals surface area contributed by atoms with E-state index < -0.39 is 0 Å². The molecule has 0 amide bonds. The summed E-state index contributed by atoms with van der Waals surface area (Å²) in [6.45, 7) is 0.594. The predicted molar refractivity (Wildman–Crippen MR) is 78.7 cm³/mol. The van der Waals surface area contributed by atoms with E-state index in [0.717, 1.165) is 24.2 Å². The Morgan fingerprint density at radius 1 is 1.37 bits per heavy atom. The molecule has 1 aromatic rings. The number of methoxy groups -OCH3 is 1. The Balaban J connectivity index is 1.96. The van der Waals surface area contributed by atoms with E-state index in [1.807, 2.05) is 30.3 Å². The Morgan fingerprint density at radius 2 is 2.11 bits per heavy atom. The van der Waals surface area contributed by atoms with Gasteiger partial charge >= 0.3 is 0 Å². The number of halogens is 1. The standard InChI is InChI=1S/C15H19BrO3/c1-18-13-7-5-12(6-8-13)10-19-14-4-2-3-9-15(14,16)11-17/h2,4-8,14,17H,3,9-11H2,1H3/t14-,15+/m0/s1. The molecule has 0 spiro atoms. The molecule has 0 unspecified atom stereocenters. The molecule has 104 valence electrons. The summed E-state index contributed by atoms with van der Waals surface area (Å²) in [6, 6.07) is 7.81. The van der Waals surface area contributed by atoms with Crippen LogP contribution < -0.4 is 4.74 Å². The fraction of sp³-hybridized carbons (Fsp3) is 0.467. The van der Waals surface area contributed by atoms with Crippen molar-refractivity contribution in [3.63, 3.8) is 0 Å². The summed E-state index contributed by atoms with van der Waals surface area (Å²) in [7, 11) is 1.65. The third-order valence-electron chi connectivity index (χ3n) is 3.40. The second kappa shape index (κ2) is 6.55. The lowest BCUT2D eigenvalue weighted by Crippen LogP contribution is -2.42. The van der Waals surface area contributed by atoms with Gasteiger partial charge in [0, 0.05) is 0 Å². The van der Waals surface area contributed by atoms with Crippen molar-refractivity contribution in [3.05, 3.63) is 42.0 Å². The summed E-state index contributed by atoms with van der Waals surface area (Å²) in [6.07, 6.45) is 5.88. The van der Waals surface area contributed by atoms with Gasteiger partial charge in [0.15, 0.2) is 0 Å². The van der Waals surface area contributed by atoms with Crippen LogP contribution in [0.3, 0.4) is 0 Å². The molecule has 3 nitrogen and oxygen atoms in total. The van der Waals surface area contributed by atoms with E-state index in [1.165, 1.54) is 0 Å². The SMILES string of the molecule is COc1ccc(CO[C@H]2C=CCC[C@@]2(Br)CO)cc1. The lowest BCUT2D eigenvalue weighted by Gasteiger charge is -2.34. The topological polar surface area (TPSA) is 38.7 Å². The van der Waals surface area contributed by atoms with Gasteiger partial charge in [0.25, 0.3) is 0 Å². The van der Waals surface area contributed by atoms with Gasteiger partial charge in [-0.3, -0.25) is 0 Å². The normalized spacial score (nSPS) is 26.4. The van der Waals surface area contributed by atoms with Crippen molar-refractivity contribution in [1.82, 2.24) is 0 Å². The van der Waals surface area contributed by atoms with Gasteiger partial charge in [-0.1, -0.05) is 40.2 Å². The largest absolute Gasteiger partial charge is 0.497 e. The minimum atomic E-state index is -0.353. The van der Waals surface area contributed by atoms with Crippen molar-refractivity contribution in [3.8, 4) is 5.75 Å². The first-order chi connectivity index (χ1) is 9.18. The van der Waals surface area contributed by atoms with Crippen LogP contribution in [0.5, 0.6) is 5.75 Å². The van der Waals surface area contributed by atoms with Crippen LogP contribution in [0, 0.1) is 0 Å². The Kier molecular flexibility index (Phi) is 5.02. The smallest absolute Gasteiger partial charge is 0.118 e. The second-order valence-corrected chi connectivity index (χ2v) is 6.32. The molecule has 1 aliphatic rings. The average molecular weight is 327 g/mol. The van der Waals surface area contributed by atoms with E-state index in [1.54, 1.807) is 7.11 Å². The fourth-order valence-corrected chi connectivity index (χ4v) is 2.65. The number of benzene rings is 1. The predicted octanol–water partition coefficient (Wildman–Crippen LogP) is 3.06. The van der Waals surface area contributed by atoms with Crippen LogP contribution in [-0.4, -0.2) is 29.3 Å². The number of alkyl halides is 1. The van der Waals surface area contributed by atoms with Gasteiger partial charge in [0.1, 0.15) is 5.75 Å². The zero-order valence-corrected chi connectivity index (χ0v) is 12.6. The summed E-state index contributed by atoms with van der Waals surface area (Å²) < 4.78 is 10.7. The molecule has 1 N–H and O–H groups in total. The zero-order valence-electron chi connectivity index (χ0n) is 11.0. The van der Waals surface area contributed by atoms with Crippen molar-refractivity contribution in [2.45, 2.75) is 29.9 Å². The maximum atomic E-state index is 9.51. The van der Waals surface area contributed by atoms with E-state index in [-0.39, 0.29) is 17.0 Å². The van der Waals surface area contributed by atoms with Crippen molar-refractivity contribution in [1.29, 1.82) is 0 Å². The highest BCUT2D eigenvalue weighted by Crippen LogP contribution is 2.34. The van der Waals surface area contributed by atoms with E-state index >= 15 is 0 Å². The summed E-state index contributed by atoms with van der Waals surface area (Å²) >= 11 is 3.61. The van der Waals surface area contributed by atoms with Gasteiger partial charge in [-0.25, -0.2) is 0 Å². The second-order valence-electron chi connectivity index (χ2n) is 4.74. The molecule has 2 atom stereocenters. The van der Waals surface area contributed by atoms with Crippen LogP contribution in [0.4, 0.5) is 0 Å². The fourth-order valence-electron chi connectivity index (χ4n) is 2.14. The molecule has 0 bridgehead atoms. The molecule has 0 aliphatic heterocycles. The molecule has 1 aromatic carbocycles. The first-order valence-corrected chi connectivity index (χ1v) is 7.18. The summed E-state index contributed by atoms with van der Waals surface area (Å²) in [5.41, 5.74) is 1.09. The number of aliphatic hydroxyl groups is 1. The lowest BCUT2D eigenvalue weighted by atomic mass is 9.92. The molecule has 19 heavy (non-hydrogen) atoms. The van der Waals surface area contributed by atoms with Gasteiger partial charge in [-0.2, -0.15) is 0 Å². The molecule has 4 heteroatoms. The molecule has 2 rings (SSSR count). The zero-order chi connectivity index (χ0) is 13.7. The Morgan fingerprint density at radius 3 is 2.74 bits per heavy atom. The number of allylic oxidation sites excluding steroid dienone is 1. The number of ether oxygens (including phenoxy) is 2. The van der Waals surface area contributed by atoms with Crippen LogP contribution >= 0.6 is 15.9 Å². The molecule has 1 aliphatic carbocycles. The van der Waals surface area contributed by atoms with Crippen LogP contribution in [-0.2, 0) is 11.3 Å². The Bertz CT molecular complexity index is 430. The van der Waals surface area contributed by atoms with Crippen molar-refractivity contribution in [2.75, 3.05) is 13.7 Å². The van der Waals surface area contributed by atoms with Crippen LogP contribution in [0.2, 0.25) is 0 Å². The van der Waals surface area contributed by atoms with Gasteiger partial charge in [-0.05, 0) is 30.5 Å². The number of rotatable bonds is 5. The van der Waals surface area contributed by atoms with Crippen LogP contribution in [0.25, 0.3) is 0 Å². The van der Waals surface area contributed by atoms with Crippen LogP contribution in [0.15, 0.2) is 36.4 Å². The van der Waals surface area contributed by atoms with E-state index in [2.05, 4.69) is 22.0 Å². The molecule has 0 radical (unpaired) electrons. The monoisotopic (exact) mass is 326 g/mol. The maximum Gasteiger partial charge on any atom is 0.118 e.